The number of nitrogens with one attached hydrogen (secondary N) is 2. The van der Waals surface area contributed by atoms with Crippen molar-refractivity contribution in [3.63, 3.8) is 0 Å². The molecule has 1 aromatic carbocycles. The van der Waals surface area contributed by atoms with Crippen LogP contribution in [0.5, 0.6) is 0 Å². The first kappa shape index (κ1) is 14.2. The van der Waals surface area contributed by atoms with Gasteiger partial charge in [0.25, 0.3) is 11.5 Å². The number of aromatic amines is 1. The van der Waals surface area contributed by atoms with Gasteiger partial charge in [0.2, 0.25) is 0 Å². The van der Waals surface area contributed by atoms with Crippen molar-refractivity contribution in [2.24, 2.45) is 11.8 Å². The van der Waals surface area contributed by atoms with Gasteiger partial charge in [0.05, 0.1) is 0 Å². The molecule has 2 N–H and O–H groups in total. The third kappa shape index (κ3) is 2.57. The Morgan fingerprint density at radius 2 is 1.70 bits per heavy atom. The van der Waals surface area contributed by atoms with Gasteiger partial charge in [-0.25, -0.2) is 0 Å². The van der Waals surface area contributed by atoms with E-state index in [1.54, 1.807) is 6.07 Å². The van der Waals surface area contributed by atoms with Gasteiger partial charge in [-0.15, -0.1) is 0 Å². The monoisotopic (exact) mass is 309 g/mol. The van der Waals surface area contributed by atoms with Crippen LogP contribution < -0.4 is 10.9 Å². The normalized spacial score (nSPS) is 23.0. The number of likely N-dealkylation sites (tertiary alicyclic amines) is 1. The van der Waals surface area contributed by atoms with Crippen molar-refractivity contribution in [1.29, 1.82) is 0 Å². The van der Waals surface area contributed by atoms with Crippen LogP contribution in [0.4, 0.5) is 0 Å². The molecule has 118 valence electrons. The maximum Gasteiger partial charge on any atom is 0.261 e. The van der Waals surface area contributed by atoms with Crippen LogP contribution in [-0.4, -0.2) is 42.0 Å². The zero-order valence-electron chi connectivity index (χ0n) is 12.8. The van der Waals surface area contributed by atoms with Crippen LogP contribution in [0.2, 0.25) is 0 Å². The van der Waals surface area contributed by atoms with Crippen molar-refractivity contribution in [2.75, 3.05) is 26.2 Å². The lowest BCUT2D eigenvalue weighted by Gasteiger charge is -2.17. The predicted octanol–water partition coefficient (Wildman–Crippen LogP) is 1.33. The van der Waals surface area contributed by atoms with Crippen LogP contribution in [-0.2, 0) is 0 Å². The summed E-state index contributed by atoms with van der Waals surface area (Å²) in [6.45, 7) is 3.43. The van der Waals surface area contributed by atoms with E-state index >= 15 is 0 Å². The van der Waals surface area contributed by atoms with Crippen LogP contribution in [0.3, 0.4) is 0 Å². The Hall–Kier alpha value is -2.40. The molecule has 2 aromatic rings. The molecule has 2 atom stereocenters. The Bertz CT molecular complexity index is 772. The summed E-state index contributed by atoms with van der Waals surface area (Å²) in [6.07, 6.45) is 0. The van der Waals surface area contributed by atoms with Crippen LogP contribution in [0, 0.1) is 11.8 Å². The second-order valence-corrected chi connectivity index (χ2v) is 6.37. The number of hydrogen-bond donors (Lipinski definition) is 2. The van der Waals surface area contributed by atoms with E-state index in [9.17, 15) is 9.59 Å². The lowest BCUT2D eigenvalue weighted by molar-refractivity contribution is 0.0780. The smallest absolute Gasteiger partial charge is 0.261 e. The van der Waals surface area contributed by atoms with Gasteiger partial charge in [-0.2, -0.15) is 0 Å². The summed E-state index contributed by atoms with van der Waals surface area (Å²) >= 11 is 0. The molecule has 1 aromatic heterocycles. The van der Waals surface area contributed by atoms with E-state index in [0.29, 0.717) is 11.8 Å². The van der Waals surface area contributed by atoms with E-state index in [1.165, 1.54) is 0 Å². The van der Waals surface area contributed by atoms with E-state index in [0.717, 1.165) is 37.4 Å². The largest absolute Gasteiger partial charge is 0.338 e. The second kappa shape index (κ2) is 5.66. The Labute approximate surface area is 134 Å². The summed E-state index contributed by atoms with van der Waals surface area (Å²) < 4.78 is 0. The van der Waals surface area contributed by atoms with Crippen molar-refractivity contribution in [2.45, 2.75) is 0 Å². The summed E-state index contributed by atoms with van der Waals surface area (Å²) in [5.41, 5.74) is 1.59. The standard InChI is InChI=1S/C18H19N3O2/c22-17-15(6-7-16(20-17)12-4-2-1-3-5-12)18(23)21-10-13-8-19-9-14(13)11-21/h1-7,13-14,19H,8-11H2,(H,20,22)/t13-,14+. The molecule has 0 unspecified atom stereocenters. The van der Waals surface area contributed by atoms with Gasteiger partial charge >= 0.3 is 0 Å². The van der Waals surface area contributed by atoms with Gasteiger partial charge in [0.15, 0.2) is 0 Å². The number of amides is 1. The van der Waals surface area contributed by atoms with Crippen molar-refractivity contribution in [3.05, 3.63) is 58.4 Å². The fraction of sp³-hybridized carbons (Fsp3) is 0.333. The summed E-state index contributed by atoms with van der Waals surface area (Å²) in [4.78, 5) is 29.6. The van der Waals surface area contributed by atoms with Crippen LogP contribution in [0.15, 0.2) is 47.3 Å². The molecule has 0 radical (unpaired) electrons. The zero-order valence-corrected chi connectivity index (χ0v) is 12.8. The molecule has 2 fully saturated rings. The SMILES string of the molecule is O=C(c1ccc(-c2ccccc2)[nH]c1=O)N1C[C@H]2CNC[C@H]2C1. The first-order valence-corrected chi connectivity index (χ1v) is 8.01. The van der Waals surface area contributed by atoms with Crippen molar-refractivity contribution in [3.8, 4) is 11.3 Å². The van der Waals surface area contributed by atoms with E-state index in [2.05, 4.69) is 10.3 Å². The molecular formula is C18H19N3O2. The van der Waals surface area contributed by atoms with Gasteiger partial charge in [-0.05, 0) is 29.5 Å². The molecule has 0 spiro atoms. The highest BCUT2D eigenvalue weighted by Gasteiger charge is 2.38. The Morgan fingerprint density at radius 1 is 1.00 bits per heavy atom. The molecule has 0 aliphatic carbocycles. The summed E-state index contributed by atoms with van der Waals surface area (Å²) in [5.74, 6) is 0.906. The molecule has 23 heavy (non-hydrogen) atoms. The first-order chi connectivity index (χ1) is 11.2. The maximum atomic E-state index is 12.6. The first-order valence-electron chi connectivity index (χ1n) is 8.01. The lowest BCUT2D eigenvalue weighted by atomic mass is 10.0. The predicted molar refractivity (Wildman–Crippen MR) is 88.3 cm³/mol. The van der Waals surface area contributed by atoms with E-state index in [4.69, 9.17) is 0 Å². The van der Waals surface area contributed by atoms with E-state index < -0.39 is 0 Å². The summed E-state index contributed by atoms with van der Waals surface area (Å²) in [7, 11) is 0. The molecule has 4 rings (SSSR count). The van der Waals surface area contributed by atoms with E-state index in [-0.39, 0.29) is 17.0 Å². The van der Waals surface area contributed by atoms with Gasteiger partial charge in [0, 0.05) is 31.9 Å². The van der Waals surface area contributed by atoms with Gasteiger partial charge in [-0.3, -0.25) is 9.59 Å². The number of nitrogens with zero attached hydrogens (tertiary/aromatic N) is 1. The average Bonchev–Trinajstić information content (AvgIpc) is 3.16. The average molecular weight is 309 g/mol. The Morgan fingerprint density at radius 3 is 2.35 bits per heavy atom. The highest BCUT2D eigenvalue weighted by molar-refractivity contribution is 5.94. The molecule has 2 aliphatic rings. The number of benzene rings is 1. The molecule has 2 saturated heterocycles. The number of rotatable bonds is 2. The number of hydrogen-bond acceptors (Lipinski definition) is 3. The minimum Gasteiger partial charge on any atom is -0.338 e. The molecule has 1 amide bonds. The highest BCUT2D eigenvalue weighted by atomic mass is 16.2. The minimum absolute atomic E-state index is 0.153. The number of fused-ring (bicyclic) bond motifs is 1. The molecule has 0 bridgehead atoms. The van der Waals surface area contributed by atoms with Gasteiger partial charge in [-0.1, -0.05) is 30.3 Å². The number of pyridine rings is 1. The van der Waals surface area contributed by atoms with Crippen molar-refractivity contribution >= 4 is 5.91 Å². The molecule has 2 aliphatic heterocycles. The quantitative estimate of drug-likeness (QED) is 0.880. The fourth-order valence-corrected chi connectivity index (χ4v) is 3.62. The summed E-state index contributed by atoms with van der Waals surface area (Å²) in [5, 5.41) is 3.35. The Balaban J connectivity index is 1.58. The third-order valence-corrected chi connectivity index (χ3v) is 4.90. The third-order valence-electron chi connectivity index (χ3n) is 4.90. The number of H-pyrrole nitrogens is 1. The van der Waals surface area contributed by atoms with E-state index in [1.807, 2.05) is 41.3 Å². The maximum absolute atomic E-state index is 12.6. The zero-order chi connectivity index (χ0) is 15.8. The van der Waals surface area contributed by atoms with Gasteiger partial charge in [0.1, 0.15) is 5.56 Å². The van der Waals surface area contributed by atoms with Crippen LogP contribution in [0.25, 0.3) is 11.3 Å². The fourth-order valence-electron chi connectivity index (χ4n) is 3.62. The number of carbonyl (C=O) groups excluding carboxylic acids is 1. The topological polar surface area (TPSA) is 65.2 Å². The lowest BCUT2D eigenvalue weighted by Crippen LogP contribution is -2.35. The van der Waals surface area contributed by atoms with Crippen LogP contribution in [0.1, 0.15) is 10.4 Å². The second-order valence-electron chi connectivity index (χ2n) is 6.37. The Kier molecular flexibility index (Phi) is 3.50. The molecule has 3 heterocycles. The number of aromatic nitrogens is 1. The molecule has 5 heteroatoms. The minimum atomic E-state index is -0.313. The van der Waals surface area contributed by atoms with Gasteiger partial charge < -0.3 is 15.2 Å². The highest BCUT2D eigenvalue weighted by Crippen LogP contribution is 2.27. The number of carbonyl (C=O) groups is 1. The summed E-state index contributed by atoms with van der Waals surface area (Å²) in [6, 6.07) is 13.1. The molecule has 5 nitrogen and oxygen atoms in total. The van der Waals surface area contributed by atoms with Crippen molar-refractivity contribution in [1.82, 2.24) is 15.2 Å². The van der Waals surface area contributed by atoms with Crippen molar-refractivity contribution < 1.29 is 4.79 Å². The van der Waals surface area contributed by atoms with Crippen LogP contribution >= 0.6 is 0 Å². The molecular weight excluding hydrogens is 290 g/mol. The molecule has 0 saturated carbocycles.